The summed E-state index contributed by atoms with van der Waals surface area (Å²) in [6.45, 7) is 0.965. The molecule has 0 aromatic heterocycles. The Hall–Kier alpha value is -2.66. The summed E-state index contributed by atoms with van der Waals surface area (Å²) >= 11 is 0. The summed E-state index contributed by atoms with van der Waals surface area (Å²) in [5, 5.41) is 11.9. The van der Waals surface area contributed by atoms with Gasteiger partial charge in [0, 0.05) is 19.4 Å². The van der Waals surface area contributed by atoms with Gasteiger partial charge in [-0.05, 0) is 17.5 Å². The number of rotatable bonds is 10. The largest absolute Gasteiger partial charge is 0.480 e. The third kappa shape index (κ3) is 7.18. The fraction of sp³-hybridized carbons (Fsp3) is 0.300. The molecule has 2 rings (SSSR count). The Morgan fingerprint density at radius 2 is 1.56 bits per heavy atom. The molecular formula is C20H23NO4. The maximum absolute atomic E-state index is 12.0. The minimum absolute atomic E-state index is 0.243. The molecule has 25 heavy (non-hydrogen) atoms. The Morgan fingerprint density at radius 1 is 0.960 bits per heavy atom. The van der Waals surface area contributed by atoms with Gasteiger partial charge in [0.2, 0.25) is 5.91 Å². The highest BCUT2D eigenvalue weighted by molar-refractivity contribution is 5.83. The quantitative estimate of drug-likeness (QED) is 0.652. The van der Waals surface area contributed by atoms with Crippen LogP contribution in [0.5, 0.6) is 0 Å². The highest BCUT2D eigenvalue weighted by Gasteiger charge is 2.19. The molecule has 0 aliphatic heterocycles. The lowest BCUT2D eigenvalue weighted by atomic mass is 10.1. The van der Waals surface area contributed by atoms with Gasteiger partial charge in [0.05, 0.1) is 6.61 Å². The van der Waals surface area contributed by atoms with Crippen molar-refractivity contribution in [2.24, 2.45) is 0 Å². The van der Waals surface area contributed by atoms with E-state index in [1.54, 1.807) is 0 Å². The van der Waals surface area contributed by atoms with Gasteiger partial charge in [0.1, 0.15) is 6.04 Å². The Balaban J connectivity index is 1.67. The van der Waals surface area contributed by atoms with Crippen LogP contribution >= 0.6 is 0 Å². The average Bonchev–Trinajstić information content (AvgIpc) is 2.62. The van der Waals surface area contributed by atoms with Crippen molar-refractivity contribution >= 4 is 11.9 Å². The van der Waals surface area contributed by atoms with Crippen LogP contribution < -0.4 is 5.32 Å². The first-order valence-corrected chi connectivity index (χ1v) is 8.33. The molecule has 1 amide bonds. The van der Waals surface area contributed by atoms with Crippen molar-refractivity contribution in [3.05, 3.63) is 71.8 Å². The fourth-order valence-electron chi connectivity index (χ4n) is 2.42. The van der Waals surface area contributed by atoms with Crippen molar-refractivity contribution in [2.45, 2.75) is 31.9 Å². The van der Waals surface area contributed by atoms with Gasteiger partial charge in [0.15, 0.2) is 0 Å². The molecule has 5 heteroatoms. The summed E-state index contributed by atoms with van der Waals surface area (Å²) in [7, 11) is 0. The summed E-state index contributed by atoms with van der Waals surface area (Å²) < 4.78 is 5.52. The molecule has 0 unspecified atom stereocenters. The first kappa shape index (κ1) is 18.7. The average molecular weight is 341 g/mol. The van der Waals surface area contributed by atoms with E-state index >= 15 is 0 Å². The number of benzene rings is 2. The highest BCUT2D eigenvalue weighted by Crippen LogP contribution is 2.05. The molecule has 0 aliphatic rings. The molecule has 0 fully saturated rings. The number of carboxylic acid groups (broad SMARTS) is 1. The lowest BCUT2D eigenvalue weighted by molar-refractivity contribution is -0.141. The molecule has 2 aromatic rings. The van der Waals surface area contributed by atoms with Crippen LogP contribution in [0, 0.1) is 0 Å². The fourth-order valence-corrected chi connectivity index (χ4v) is 2.42. The lowest BCUT2D eigenvalue weighted by Gasteiger charge is -2.14. The zero-order chi connectivity index (χ0) is 17.9. The molecule has 0 spiro atoms. The molecule has 0 saturated heterocycles. The van der Waals surface area contributed by atoms with E-state index in [1.807, 2.05) is 60.7 Å². The molecule has 2 aromatic carbocycles. The van der Waals surface area contributed by atoms with Crippen molar-refractivity contribution in [2.75, 3.05) is 6.61 Å². The third-order valence-corrected chi connectivity index (χ3v) is 3.72. The van der Waals surface area contributed by atoms with Crippen molar-refractivity contribution in [3.8, 4) is 0 Å². The summed E-state index contributed by atoms with van der Waals surface area (Å²) in [5.74, 6) is -1.30. The van der Waals surface area contributed by atoms with Crippen LogP contribution in [-0.4, -0.2) is 29.6 Å². The van der Waals surface area contributed by atoms with Gasteiger partial charge in [-0.1, -0.05) is 60.7 Å². The summed E-state index contributed by atoms with van der Waals surface area (Å²) in [4.78, 5) is 23.3. The zero-order valence-electron chi connectivity index (χ0n) is 14.1. The first-order valence-electron chi connectivity index (χ1n) is 8.33. The van der Waals surface area contributed by atoms with Crippen molar-refractivity contribution < 1.29 is 19.4 Å². The topological polar surface area (TPSA) is 75.6 Å². The Bertz CT molecular complexity index is 658. The summed E-state index contributed by atoms with van der Waals surface area (Å²) in [5.41, 5.74) is 1.96. The molecule has 0 aliphatic carbocycles. The zero-order valence-corrected chi connectivity index (χ0v) is 14.1. The monoisotopic (exact) mass is 341 g/mol. The second-order valence-electron chi connectivity index (χ2n) is 5.79. The molecule has 0 bridgehead atoms. The van der Waals surface area contributed by atoms with Crippen LogP contribution in [0.2, 0.25) is 0 Å². The highest BCUT2D eigenvalue weighted by atomic mass is 16.5. The van der Waals surface area contributed by atoms with Gasteiger partial charge in [-0.15, -0.1) is 0 Å². The Labute approximate surface area is 147 Å². The van der Waals surface area contributed by atoms with Crippen LogP contribution in [0.1, 0.15) is 24.0 Å². The predicted molar refractivity (Wildman–Crippen MR) is 95.0 cm³/mol. The maximum atomic E-state index is 12.0. The molecule has 0 saturated carbocycles. The number of hydrogen-bond acceptors (Lipinski definition) is 3. The number of hydrogen-bond donors (Lipinski definition) is 2. The van der Waals surface area contributed by atoms with Gasteiger partial charge < -0.3 is 15.2 Å². The molecule has 2 N–H and O–H groups in total. The number of ether oxygens (including phenoxy) is 1. The lowest BCUT2D eigenvalue weighted by Crippen LogP contribution is -2.42. The minimum atomic E-state index is -1.03. The van der Waals surface area contributed by atoms with Crippen molar-refractivity contribution in [1.29, 1.82) is 0 Å². The molecule has 0 heterocycles. The van der Waals surface area contributed by atoms with Crippen LogP contribution in [0.25, 0.3) is 0 Å². The number of amides is 1. The predicted octanol–water partition coefficient (Wildman–Crippen LogP) is 2.80. The number of aliphatic carboxylic acids is 1. The van der Waals surface area contributed by atoms with E-state index in [-0.39, 0.29) is 18.7 Å². The standard InChI is InChI=1S/C20H23NO4/c22-19(12-7-13-25-15-17-10-5-2-6-11-17)21-18(20(23)24)14-16-8-3-1-4-9-16/h1-6,8-11,18H,7,12-15H2,(H,21,22)(H,23,24)/t18-/m1/s1. The van der Waals surface area contributed by atoms with E-state index in [9.17, 15) is 14.7 Å². The van der Waals surface area contributed by atoms with E-state index in [1.165, 1.54) is 0 Å². The van der Waals surface area contributed by atoms with E-state index in [0.29, 0.717) is 19.6 Å². The maximum Gasteiger partial charge on any atom is 0.326 e. The number of carbonyl (C=O) groups excluding carboxylic acids is 1. The van der Waals surface area contributed by atoms with Crippen LogP contribution in [0.4, 0.5) is 0 Å². The number of carbonyl (C=O) groups is 2. The van der Waals surface area contributed by atoms with Gasteiger partial charge in [-0.25, -0.2) is 4.79 Å². The molecule has 5 nitrogen and oxygen atoms in total. The minimum Gasteiger partial charge on any atom is -0.480 e. The second-order valence-corrected chi connectivity index (χ2v) is 5.79. The van der Waals surface area contributed by atoms with Crippen molar-refractivity contribution in [3.63, 3.8) is 0 Å². The number of carboxylic acids is 1. The normalized spacial score (nSPS) is 11.7. The van der Waals surface area contributed by atoms with E-state index in [2.05, 4.69) is 5.32 Å². The van der Waals surface area contributed by atoms with Crippen LogP contribution in [0.3, 0.4) is 0 Å². The van der Waals surface area contributed by atoms with Crippen molar-refractivity contribution in [1.82, 2.24) is 5.32 Å². The molecule has 0 radical (unpaired) electrons. The molecule has 132 valence electrons. The van der Waals surface area contributed by atoms with Crippen LogP contribution in [-0.2, 0) is 27.4 Å². The number of nitrogens with one attached hydrogen (secondary N) is 1. The smallest absolute Gasteiger partial charge is 0.326 e. The van der Waals surface area contributed by atoms with E-state index in [0.717, 1.165) is 11.1 Å². The van der Waals surface area contributed by atoms with Gasteiger partial charge in [-0.3, -0.25) is 4.79 Å². The molecular weight excluding hydrogens is 318 g/mol. The van der Waals surface area contributed by atoms with Crippen LogP contribution in [0.15, 0.2) is 60.7 Å². The van der Waals surface area contributed by atoms with E-state index in [4.69, 9.17) is 4.74 Å². The Kier molecular flexibility index (Phi) is 7.66. The Morgan fingerprint density at radius 3 is 2.16 bits per heavy atom. The van der Waals surface area contributed by atoms with Gasteiger partial charge in [-0.2, -0.15) is 0 Å². The van der Waals surface area contributed by atoms with Gasteiger partial charge >= 0.3 is 5.97 Å². The SMILES string of the molecule is O=C(CCCOCc1ccccc1)N[C@H](Cc1ccccc1)C(=O)O. The summed E-state index contributed by atoms with van der Waals surface area (Å²) in [6.07, 6.45) is 1.07. The summed E-state index contributed by atoms with van der Waals surface area (Å²) in [6, 6.07) is 18.1. The first-order chi connectivity index (χ1) is 12.1. The van der Waals surface area contributed by atoms with Gasteiger partial charge in [0.25, 0.3) is 0 Å². The molecule has 1 atom stereocenters. The third-order valence-electron chi connectivity index (χ3n) is 3.72. The van der Waals surface area contributed by atoms with E-state index < -0.39 is 12.0 Å². The second kappa shape index (κ2) is 10.3.